The maximum absolute atomic E-state index is 3.72. The summed E-state index contributed by atoms with van der Waals surface area (Å²) in [6.07, 6.45) is 10.1. The molecule has 1 aliphatic carbocycles. The van der Waals surface area contributed by atoms with E-state index in [1.807, 2.05) is 0 Å². The molecule has 2 atom stereocenters. The Morgan fingerprint density at radius 1 is 0.933 bits per heavy atom. The average molecular weight is 208 g/mol. The monoisotopic (exact) mass is 208 g/mol. The molecule has 0 radical (unpaired) electrons. The summed E-state index contributed by atoms with van der Waals surface area (Å²) in [5.74, 6) is 2.05. The third-order valence-electron chi connectivity index (χ3n) is 4.43. The van der Waals surface area contributed by atoms with Gasteiger partial charge in [0.15, 0.2) is 0 Å². The van der Waals surface area contributed by atoms with E-state index in [1.54, 1.807) is 0 Å². The minimum absolute atomic E-state index is 0.872. The average Bonchev–Trinajstić information content (AvgIpc) is 3.00. The number of hydrogen-bond acceptors (Lipinski definition) is 2. The summed E-state index contributed by atoms with van der Waals surface area (Å²) in [6, 6.07) is 1.74. The second-order valence-corrected chi connectivity index (χ2v) is 5.91. The van der Waals surface area contributed by atoms with Crippen LogP contribution >= 0.6 is 0 Å². The largest absolute Gasteiger partial charge is 0.316 e. The Hall–Kier alpha value is -0.0800. The highest BCUT2D eigenvalue weighted by Crippen LogP contribution is 2.32. The molecule has 0 aromatic rings. The van der Waals surface area contributed by atoms with Crippen molar-refractivity contribution in [1.29, 1.82) is 0 Å². The highest BCUT2D eigenvalue weighted by molar-refractivity contribution is 4.92. The fourth-order valence-corrected chi connectivity index (χ4v) is 3.35. The third-order valence-corrected chi connectivity index (χ3v) is 4.43. The number of hydrogen-bond donors (Lipinski definition) is 2. The lowest BCUT2D eigenvalue weighted by Gasteiger charge is -2.29. The van der Waals surface area contributed by atoms with Crippen molar-refractivity contribution in [2.45, 2.75) is 57.0 Å². The molecule has 2 nitrogen and oxygen atoms in total. The first-order chi connectivity index (χ1) is 7.40. The molecule has 3 fully saturated rings. The first-order valence-electron chi connectivity index (χ1n) is 6.87. The zero-order valence-corrected chi connectivity index (χ0v) is 9.67. The van der Waals surface area contributed by atoms with Crippen LogP contribution in [0.15, 0.2) is 0 Å². The van der Waals surface area contributed by atoms with E-state index in [0.29, 0.717) is 0 Å². The SMILES string of the molecule is C(CC1CC2CCC(C1)N2)NCC1CC1. The first-order valence-corrected chi connectivity index (χ1v) is 6.87. The van der Waals surface area contributed by atoms with Gasteiger partial charge in [0, 0.05) is 12.1 Å². The van der Waals surface area contributed by atoms with Gasteiger partial charge < -0.3 is 10.6 Å². The molecule has 0 aromatic heterocycles. The molecule has 2 aliphatic heterocycles. The predicted molar refractivity (Wildman–Crippen MR) is 62.9 cm³/mol. The standard InChI is InChI=1S/C13H24N2/c1-2-10(1)9-14-6-5-11-7-12-3-4-13(8-11)15-12/h10-15H,1-9H2. The van der Waals surface area contributed by atoms with Crippen molar-refractivity contribution < 1.29 is 0 Å². The Morgan fingerprint density at radius 2 is 1.67 bits per heavy atom. The molecule has 1 saturated carbocycles. The van der Waals surface area contributed by atoms with Gasteiger partial charge in [-0.3, -0.25) is 0 Å². The lowest BCUT2D eigenvalue weighted by atomic mass is 9.90. The van der Waals surface area contributed by atoms with E-state index in [2.05, 4.69) is 10.6 Å². The van der Waals surface area contributed by atoms with Gasteiger partial charge in [0.25, 0.3) is 0 Å². The summed E-state index contributed by atoms with van der Waals surface area (Å²) < 4.78 is 0. The molecule has 2 saturated heterocycles. The summed E-state index contributed by atoms with van der Waals surface area (Å²) in [5, 5.41) is 7.34. The van der Waals surface area contributed by atoms with Crippen LogP contribution in [0.4, 0.5) is 0 Å². The minimum atomic E-state index is 0.872. The maximum atomic E-state index is 3.72. The van der Waals surface area contributed by atoms with Crippen LogP contribution in [0.3, 0.4) is 0 Å². The normalized spacial score (nSPS) is 39.6. The van der Waals surface area contributed by atoms with Crippen molar-refractivity contribution in [3.05, 3.63) is 0 Å². The fraction of sp³-hybridized carbons (Fsp3) is 1.00. The van der Waals surface area contributed by atoms with Gasteiger partial charge in [-0.25, -0.2) is 0 Å². The number of rotatable bonds is 5. The van der Waals surface area contributed by atoms with Crippen molar-refractivity contribution in [3.8, 4) is 0 Å². The van der Waals surface area contributed by atoms with Gasteiger partial charge in [-0.2, -0.15) is 0 Å². The van der Waals surface area contributed by atoms with Crippen molar-refractivity contribution in [1.82, 2.24) is 10.6 Å². The van der Waals surface area contributed by atoms with Gasteiger partial charge >= 0.3 is 0 Å². The first kappa shape index (κ1) is 10.1. The summed E-state index contributed by atoms with van der Waals surface area (Å²) in [7, 11) is 0. The number of fused-ring (bicyclic) bond motifs is 2. The lowest BCUT2D eigenvalue weighted by Crippen LogP contribution is -2.38. The van der Waals surface area contributed by atoms with Crippen LogP contribution in [-0.2, 0) is 0 Å². The van der Waals surface area contributed by atoms with Crippen LogP contribution in [0.2, 0.25) is 0 Å². The maximum Gasteiger partial charge on any atom is 0.00728 e. The topological polar surface area (TPSA) is 24.1 Å². The molecule has 2 heterocycles. The van der Waals surface area contributed by atoms with E-state index in [4.69, 9.17) is 0 Å². The van der Waals surface area contributed by atoms with E-state index < -0.39 is 0 Å². The Morgan fingerprint density at radius 3 is 2.33 bits per heavy atom. The van der Waals surface area contributed by atoms with Gasteiger partial charge in [0.05, 0.1) is 0 Å². The van der Waals surface area contributed by atoms with Crippen molar-refractivity contribution in [2.24, 2.45) is 11.8 Å². The predicted octanol–water partition coefficient (Wildman–Crippen LogP) is 1.91. The molecule has 2 bridgehead atoms. The van der Waals surface area contributed by atoms with Crippen molar-refractivity contribution in [3.63, 3.8) is 0 Å². The Balaban J connectivity index is 1.32. The van der Waals surface area contributed by atoms with E-state index in [9.17, 15) is 0 Å². The quantitative estimate of drug-likeness (QED) is 0.674. The fourth-order valence-electron chi connectivity index (χ4n) is 3.35. The van der Waals surface area contributed by atoms with E-state index >= 15 is 0 Å². The highest BCUT2D eigenvalue weighted by Gasteiger charge is 2.32. The van der Waals surface area contributed by atoms with Gasteiger partial charge in [-0.1, -0.05) is 0 Å². The molecule has 15 heavy (non-hydrogen) atoms. The molecule has 3 rings (SSSR count). The van der Waals surface area contributed by atoms with Gasteiger partial charge in [0.2, 0.25) is 0 Å². The van der Waals surface area contributed by atoms with Gasteiger partial charge in [-0.05, 0) is 69.9 Å². The highest BCUT2D eigenvalue weighted by atomic mass is 15.0. The molecule has 2 unspecified atom stereocenters. The van der Waals surface area contributed by atoms with Crippen LogP contribution in [0.5, 0.6) is 0 Å². The van der Waals surface area contributed by atoms with Gasteiger partial charge in [0.1, 0.15) is 0 Å². The Labute approximate surface area is 93.2 Å². The van der Waals surface area contributed by atoms with E-state index in [1.165, 1.54) is 58.0 Å². The molecule has 2 N–H and O–H groups in total. The van der Waals surface area contributed by atoms with Crippen LogP contribution < -0.4 is 10.6 Å². The third kappa shape index (κ3) is 2.73. The van der Waals surface area contributed by atoms with Crippen molar-refractivity contribution >= 4 is 0 Å². The van der Waals surface area contributed by atoms with E-state index in [0.717, 1.165) is 23.9 Å². The van der Waals surface area contributed by atoms with Crippen molar-refractivity contribution in [2.75, 3.05) is 13.1 Å². The number of piperidine rings is 1. The summed E-state index contributed by atoms with van der Waals surface area (Å²) >= 11 is 0. The van der Waals surface area contributed by atoms with Crippen LogP contribution in [-0.4, -0.2) is 25.2 Å². The summed E-state index contributed by atoms with van der Waals surface area (Å²) in [5.41, 5.74) is 0. The second kappa shape index (κ2) is 4.42. The molecule has 3 aliphatic rings. The van der Waals surface area contributed by atoms with E-state index in [-0.39, 0.29) is 0 Å². The molecule has 86 valence electrons. The Bertz CT molecular complexity index is 201. The van der Waals surface area contributed by atoms with Crippen LogP contribution in [0.1, 0.15) is 44.9 Å². The molecule has 0 amide bonds. The summed E-state index contributed by atoms with van der Waals surface area (Å²) in [6.45, 7) is 2.55. The lowest BCUT2D eigenvalue weighted by molar-refractivity contribution is 0.283. The zero-order chi connectivity index (χ0) is 10.1. The second-order valence-electron chi connectivity index (χ2n) is 5.91. The minimum Gasteiger partial charge on any atom is -0.316 e. The summed E-state index contributed by atoms with van der Waals surface area (Å²) in [4.78, 5) is 0. The Kier molecular flexibility index (Phi) is 2.98. The smallest absolute Gasteiger partial charge is 0.00728 e. The molecule has 0 aromatic carbocycles. The zero-order valence-electron chi connectivity index (χ0n) is 9.67. The molecular weight excluding hydrogens is 184 g/mol. The molecule has 2 heteroatoms. The van der Waals surface area contributed by atoms with Gasteiger partial charge in [-0.15, -0.1) is 0 Å². The molecule has 0 spiro atoms. The molecular formula is C13H24N2. The van der Waals surface area contributed by atoms with Crippen LogP contribution in [0, 0.1) is 11.8 Å². The number of nitrogens with one attached hydrogen (secondary N) is 2. The van der Waals surface area contributed by atoms with Crippen LogP contribution in [0.25, 0.3) is 0 Å².